The number of carbonyl (C=O) groups excluding carboxylic acids is 3. The SMILES string of the molecule is COC(=O)CC(C=O)CC1=CCCC(C)(C)C1=O. The van der Waals surface area contributed by atoms with Crippen LogP contribution >= 0.6 is 0 Å². The van der Waals surface area contributed by atoms with Crippen LogP contribution in [0.4, 0.5) is 0 Å². The van der Waals surface area contributed by atoms with Crippen LogP contribution in [0.3, 0.4) is 0 Å². The molecule has 0 aromatic heterocycles. The highest BCUT2D eigenvalue weighted by Crippen LogP contribution is 2.34. The van der Waals surface area contributed by atoms with Crippen LogP contribution < -0.4 is 0 Å². The monoisotopic (exact) mass is 252 g/mol. The van der Waals surface area contributed by atoms with Crippen molar-refractivity contribution in [2.24, 2.45) is 11.3 Å². The molecule has 100 valence electrons. The Morgan fingerprint density at radius 2 is 2.22 bits per heavy atom. The van der Waals surface area contributed by atoms with Crippen LogP contribution in [0.5, 0.6) is 0 Å². The fourth-order valence-corrected chi connectivity index (χ4v) is 2.17. The molecule has 4 heteroatoms. The molecule has 18 heavy (non-hydrogen) atoms. The van der Waals surface area contributed by atoms with E-state index in [1.807, 2.05) is 19.9 Å². The zero-order valence-electron chi connectivity index (χ0n) is 11.2. The second-order valence-electron chi connectivity index (χ2n) is 5.36. The molecule has 0 radical (unpaired) electrons. The molecular formula is C14H20O4. The summed E-state index contributed by atoms with van der Waals surface area (Å²) >= 11 is 0. The Morgan fingerprint density at radius 1 is 1.56 bits per heavy atom. The van der Waals surface area contributed by atoms with E-state index >= 15 is 0 Å². The van der Waals surface area contributed by atoms with Gasteiger partial charge in [0.25, 0.3) is 0 Å². The molecule has 1 aliphatic carbocycles. The number of aldehydes is 1. The van der Waals surface area contributed by atoms with Gasteiger partial charge in [-0.05, 0) is 24.8 Å². The summed E-state index contributed by atoms with van der Waals surface area (Å²) in [5.41, 5.74) is 0.315. The van der Waals surface area contributed by atoms with Crippen molar-refractivity contribution in [3.8, 4) is 0 Å². The predicted octanol–water partition coefficient (Wildman–Crippen LogP) is 2.07. The van der Waals surface area contributed by atoms with Crippen LogP contribution in [-0.2, 0) is 19.1 Å². The maximum Gasteiger partial charge on any atom is 0.306 e. The number of Topliss-reactive ketones (excluding diaryl/α,β-unsaturated/α-hetero) is 1. The fraction of sp³-hybridized carbons (Fsp3) is 0.643. The molecule has 0 bridgehead atoms. The largest absolute Gasteiger partial charge is 0.469 e. The summed E-state index contributed by atoms with van der Waals surface area (Å²) in [6.07, 6.45) is 4.66. The second kappa shape index (κ2) is 5.94. The first-order chi connectivity index (χ1) is 8.40. The van der Waals surface area contributed by atoms with E-state index in [0.717, 1.165) is 19.1 Å². The minimum Gasteiger partial charge on any atom is -0.469 e. The standard InChI is InChI=1S/C14H20O4/c1-14(2)6-4-5-11(13(14)17)7-10(9-15)8-12(16)18-3/h5,9-10H,4,6-8H2,1-3H3. The Hall–Kier alpha value is -1.45. The van der Waals surface area contributed by atoms with Crippen molar-refractivity contribution in [1.29, 1.82) is 0 Å². The third kappa shape index (κ3) is 3.52. The first kappa shape index (κ1) is 14.6. The van der Waals surface area contributed by atoms with Crippen molar-refractivity contribution in [2.75, 3.05) is 7.11 Å². The van der Waals surface area contributed by atoms with E-state index in [2.05, 4.69) is 4.74 Å². The summed E-state index contributed by atoms with van der Waals surface area (Å²) < 4.78 is 4.54. The summed E-state index contributed by atoms with van der Waals surface area (Å²) in [6.45, 7) is 3.83. The Labute approximate surface area is 107 Å². The molecule has 1 aliphatic rings. The Morgan fingerprint density at radius 3 is 2.78 bits per heavy atom. The van der Waals surface area contributed by atoms with Crippen LogP contribution in [0, 0.1) is 11.3 Å². The topological polar surface area (TPSA) is 60.4 Å². The molecule has 4 nitrogen and oxygen atoms in total. The summed E-state index contributed by atoms with van der Waals surface area (Å²) in [5.74, 6) is -0.803. The smallest absolute Gasteiger partial charge is 0.306 e. The number of hydrogen-bond donors (Lipinski definition) is 0. The van der Waals surface area contributed by atoms with Gasteiger partial charge in [0.2, 0.25) is 0 Å². The molecule has 0 fully saturated rings. The normalized spacial score (nSPS) is 19.9. The van der Waals surface area contributed by atoms with Gasteiger partial charge in [-0.1, -0.05) is 19.9 Å². The second-order valence-corrected chi connectivity index (χ2v) is 5.36. The van der Waals surface area contributed by atoms with Crippen molar-refractivity contribution in [3.05, 3.63) is 11.6 Å². The van der Waals surface area contributed by atoms with Gasteiger partial charge in [-0.3, -0.25) is 9.59 Å². The minimum atomic E-state index is -0.471. The highest BCUT2D eigenvalue weighted by Gasteiger charge is 2.33. The predicted molar refractivity (Wildman–Crippen MR) is 66.9 cm³/mol. The van der Waals surface area contributed by atoms with E-state index in [4.69, 9.17) is 0 Å². The highest BCUT2D eigenvalue weighted by atomic mass is 16.5. The molecule has 0 amide bonds. The van der Waals surface area contributed by atoms with Crippen molar-refractivity contribution >= 4 is 18.0 Å². The minimum absolute atomic E-state index is 0.0328. The van der Waals surface area contributed by atoms with Gasteiger partial charge in [0, 0.05) is 11.3 Å². The molecule has 0 aliphatic heterocycles. The average Bonchev–Trinajstić information content (AvgIpc) is 2.33. The molecule has 0 saturated carbocycles. The fourth-order valence-electron chi connectivity index (χ4n) is 2.17. The van der Waals surface area contributed by atoms with E-state index in [0.29, 0.717) is 12.0 Å². The molecule has 0 spiro atoms. The number of methoxy groups -OCH3 is 1. The summed E-state index contributed by atoms with van der Waals surface area (Å²) in [5, 5.41) is 0. The number of carbonyl (C=O) groups is 3. The van der Waals surface area contributed by atoms with Crippen LogP contribution in [0.2, 0.25) is 0 Å². The van der Waals surface area contributed by atoms with Gasteiger partial charge < -0.3 is 9.53 Å². The first-order valence-corrected chi connectivity index (χ1v) is 6.16. The van der Waals surface area contributed by atoms with Crippen molar-refractivity contribution in [1.82, 2.24) is 0 Å². The van der Waals surface area contributed by atoms with E-state index in [1.165, 1.54) is 7.11 Å². The van der Waals surface area contributed by atoms with Crippen LogP contribution in [0.15, 0.2) is 11.6 Å². The highest BCUT2D eigenvalue weighted by molar-refractivity contribution is 6.00. The number of esters is 1. The summed E-state index contributed by atoms with van der Waals surface area (Å²) in [4.78, 5) is 34.3. The number of hydrogen-bond acceptors (Lipinski definition) is 4. The maximum absolute atomic E-state index is 12.2. The van der Waals surface area contributed by atoms with Crippen molar-refractivity contribution in [2.45, 2.75) is 39.5 Å². The lowest BCUT2D eigenvalue weighted by Gasteiger charge is -2.28. The van der Waals surface area contributed by atoms with E-state index in [1.54, 1.807) is 0 Å². The van der Waals surface area contributed by atoms with Gasteiger partial charge in [-0.25, -0.2) is 0 Å². The van der Waals surface area contributed by atoms with E-state index in [9.17, 15) is 14.4 Å². The quantitative estimate of drug-likeness (QED) is 0.555. The molecule has 0 saturated heterocycles. The Bertz CT molecular complexity index is 379. The Balaban J connectivity index is 2.70. The number of rotatable bonds is 5. The molecule has 0 heterocycles. The molecule has 0 aromatic carbocycles. The van der Waals surface area contributed by atoms with Gasteiger partial charge in [-0.15, -0.1) is 0 Å². The van der Waals surface area contributed by atoms with Crippen molar-refractivity contribution in [3.63, 3.8) is 0 Å². The molecule has 1 rings (SSSR count). The average molecular weight is 252 g/mol. The molecule has 1 unspecified atom stereocenters. The third-order valence-electron chi connectivity index (χ3n) is 3.40. The van der Waals surface area contributed by atoms with Gasteiger partial charge >= 0.3 is 5.97 Å². The van der Waals surface area contributed by atoms with Crippen LogP contribution in [0.1, 0.15) is 39.5 Å². The summed E-state index contributed by atoms with van der Waals surface area (Å²) in [6, 6.07) is 0. The van der Waals surface area contributed by atoms with Gasteiger partial charge in [0.15, 0.2) is 5.78 Å². The van der Waals surface area contributed by atoms with Gasteiger partial charge in [0.1, 0.15) is 6.29 Å². The lowest BCUT2D eigenvalue weighted by atomic mass is 9.74. The molecule has 0 aromatic rings. The zero-order chi connectivity index (χ0) is 13.8. The first-order valence-electron chi connectivity index (χ1n) is 6.16. The molecular weight excluding hydrogens is 232 g/mol. The van der Waals surface area contributed by atoms with Crippen molar-refractivity contribution < 1.29 is 19.1 Å². The van der Waals surface area contributed by atoms with Gasteiger partial charge in [-0.2, -0.15) is 0 Å². The lowest BCUT2D eigenvalue weighted by molar-refractivity contribution is -0.142. The number of ether oxygens (including phenoxy) is 1. The number of allylic oxidation sites excluding steroid dienone is 2. The lowest BCUT2D eigenvalue weighted by Crippen LogP contribution is -2.30. The third-order valence-corrected chi connectivity index (χ3v) is 3.40. The van der Waals surface area contributed by atoms with E-state index in [-0.39, 0.29) is 17.6 Å². The summed E-state index contributed by atoms with van der Waals surface area (Å²) in [7, 11) is 1.29. The van der Waals surface area contributed by atoms with Gasteiger partial charge in [0.05, 0.1) is 13.5 Å². The Kier molecular flexibility index (Phi) is 4.82. The molecule has 1 atom stereocenters. The maximum atomic E-state index is 12.2. The molecule has 0 N–H and O–H groups in total. The zero-order valence-corrected chi connectivity index (χ0v) is 11.2. The van der Waals surface area contributed by atoms with Crippen LogP contribution in [0.25, 0.3) is 0 Å². The van der Waals surface area contributed by atoms with E-state index < -0.39 is 11.9 Å². The van der Waals surface area contributed by atoms with Crippen LogP contribution in [-0.4, -0.2) is 25.1 Å². The number of ketones is 1.